The molecule has 0 fully saturated rings. The topological polar surface area (TPSA) is 90.5 Å². The van der Waals surface area contributed by atoms with Gasteiger partial charge in [-0.15, -0.1) is 5.10 Å². The number of carbonyl (C=O) groups excluding carboxylic acids is 1. The first kappa shape index (κ1) is 19.9. The predicted molar refractivity (Wildman–Crippen MR) is 104 cm³/mol. The van der Waals surface area contributed by atoms with Crippen LogP contribution in [0.4, 0.5) is 18.9 Å². The summed E-state index contributed by atoms with van der Waals surface area (Å²) in [4.78, 5) is 16.8. The number of hydrogen-bond acceptors (Lipinski definition) is 6. The molecule has 0 bridgehead atoms. The van der Waals surface area contributed by atoms with Gasteiger partial charge < -0.3 is 9.88 Å². The van der Waals surface area contributed by atoms with E-state index < -0.39 is 17.5 Å². The Kier molecular flexibility index (Phi) is 5.40. The molecule has 12 heteroatoms. The summed E-state index contributed by atoms with van der Waals surface area (Å²) in [6.07, 6.45) is 0. The number of amides is 1. The molecule has 0 aliphatic heterocycles. The monoisotopic (exact) mass is 433 g/mol. The highest BCUT2D eigenvalue weighted by Crippen LogP contribution is 2.28. The zero-order valence-corrected chi connectivity index (χ0v) is 16.3. The van der Waals surface area contributed by atoms with E-state index in [1.165, 1.54) is 27.4 Å². The fraction of sp³-hybridized carbons (Fsp3) is 0.167. The molecule has 0 aliphatic rings. The van der Waals surface area contributed by atoms with Crippen molar-refractivity contribution in [2.75, 3.05) is 5.32 Å². The molecule has 30 heavy (non-hydrogen) atoms. The maximum atomic E-state index is 14.2. The number of carbonyl (C=O) groups is 1. The van der Waals surface area contributed by atoms with E-state index in [0.717, 1.165) is 0 Å². The molecule has 0 spiro atoms. The smallest absolute Gasteiger partial charge is 0.291 e. The van der Waals surface area contributed by atoms with E-state index in [1.54, 1.807) is 31.2 Å². The second-order valence-corrected chi connectivity index (χ2v) is 7.16. The van der Waals surface area contributed by atoms with Crippen LogP contribution in [0.15, 0.2) is 47.6 Å². The highest BCUT2D eigenvalue weighted by molar-refractivity contribution is 7.99. The van der Waals surface area contributed by atoms with E-state index in [9.17, 15) is 18.0 Å². The van der Waals surface area contributed by atoms with Crippen molar-refractivity contribution in [3.63, 3.8) is 0 Å². The van der Waals surface area contributed by atoms with Gasteiger partial charge in [-0.1, -0.05) is 12.1 Å². The van der Waals surface area contributed by atoms with Gasteiger partial charge in [0.1, 0.15) is 18.0 Å². The van der Waals surface area contributed by atoms with E-state index >= 15 is 0 Å². The van der Waals surface area contributed by atoms with E-state index in [0.29, 0.717) is 22.5 Å². The molecule has 0 saturated heterocycles. The average molecular weight is 433 g/mol. The number of para-hydroxylation sites is 2. The molecule has 8 nitrogen and oxygen atoms in total. The molecule has 0 atom stereocenters. The standard InChI is InChI=1S/C18H14F3N7OS/c1-10-24-25-26-28(10)15-8-11(6-7-12(15)19)22-16(29)9-27-14-5-3-2-4-13(14)23-18(27)30-17(20)21/h2-8,17H,9H2,1H3,(H,22,29). The van der Waals surface area contributed by atoms with Gasteiger partial charge in [0.2, 0.25) is 5.91 Å². The summed E-state index contributed by atoms with van der Waals surface area (Å²) in [5, 5.41) is 13.6. The lowest BCUT2D eigenvalue weighted by atomic mass is 10.2. The molecule has 2 aromatic heterocycles. The van der Waals surface area contributed by atoms with Gasteiger partial charge in [-0.2, -0.15) is 13.5 Å². The van der Waals surface area contributed by atoms with E-state index in [4.69, 9.17) is 0 Å². The molecule has 0 saturated carbocycles. The minimum Gasteiger partial charge on any atom is -0.324 e. The number of rotatable bonds is 6. The Hall–Kier alpha value is -3.41. The third-order valence-electron chi connectivity index (χ3n) is 4.20. The Balaban J connectivity index is 1.60. The van der Waals surface area contributed by atoms with E-state index in [2.05, 4.69) is 25.8 Å². The van der Waals surface area contributed by atoms with Gasteiger partial charge in [0.25, 0.3) is 5.76 Å². The molecule has 1 N–H and O–H groups in total. The maximum absolute atomic E-state index is 14.2. The molecule has 154 valence electrons. The number of anilines is 1. The molecule has 4 rings (SSSR count). The first-order valence-corrected chi connectivity index (χ1v) is 9.55. The zero-order valence-electron chi connectivity index (χ0n) is 15.5. The van der Waals surface area contributed by atoms with Crippen LogP contribution in [0.1, 0.15) is 5.82 Å². The summed E-state index contributed by atoms with van der Waals surface area (Å²) in [6, 6.07) is 10.8. The van der Waals surface area contributed by atoms with Crippen LogP contribution in [0.25, 0.3) is 16.7 Å². The number of tetrazole rings is 1. The fourth-order valence-corrected chi connectivity index (χ4v) is 3.53. The summed E-state index contributed by atoms with van der Waals surface area (Å²) in [7, 11) is 0. The zero-order chi connectivity index (χ0) is 21.3. The molecule has 2 heterocycles. The Bertz CT molecular complexity index is 1220. The van der Waals surface area contributed by atoms with Gasteiger partial charge in [0.05, 0.1) is 11.0 Å². The highest BCUT2D eigenvalue weighted by atomic mass is 32.2. The minimum absolute atomic E-state index is 0.0328. The number of alkyl halides is 2. The van der Waals surface area contributed by atoms with Crippen molar-refractivity contribution in [2.24, 2.45) is 0 Å². The molecule has 4 aromatic rings. The lowest BCUT2D eigenvalue weighted by molar-refractivity contribution is -0.116. The van der Waals surface area contributed by atoms with Crippen molar-refractivity contribution in [2.45, 2.75) is 24.4 Å². The lowest BCUT2D eigenvalue weighted by Crippen LogP contribution is -2.19. The number of fused-ring (bicyclic) bond motifs is 1. The van der Waals surface area contributed by atoms with Crippen molar-refractivity contribution in [1.82, 2.24) is 29.8 Å². The third kappa shape index (κ3) is 3.99. The van der Waals surface area contributed by atoms with Crippen LogP contribution in [0.2, 0.25) is 0 Å². The van der Waals surface area contributed by atoms with Gasteiger partial charge >= 0.3 is 0 Å². The van der Waals surface area contributed by atoms with Crippen LogP contribution >= 0.6 is 11.8 Å². The third-order valence-corrected chi connectivity index (χ3v) is 4.90. The fourth-order valence-electron chi connectivity index (χ4n) is 2.93. The Morgan fingerprint density at radius 2 is 2.03 bits per heavy atom. The predicted octanol–water partition coefficient (Wildman–Crippen LogP) is 3.41. The van der Waals surface area contributed by atoms with Crippen LogP contribution in [0.3, 0.4) is 0 Å². The summed E-state index contributed by atoms with van der Waals surface area (Å²) in [5.41, 5.74) is 1.43. The Labute approximate surface area is 172 Å². The summed E-state index contributed by atoms with van der Waals surface area (Å²) >= 11 is 0.267. The first-order chi connectivity index (χ1) is 14.4. The number of benzene rings is 2. The second kappa shape index (κ2) is 8.14. The minimum atomic E-state index is -2.68. The SMILES string of the molecule is Cc1nnnn1-c1cc(NC(=O)Cn2c(SC(F)F)nc3ccccc32)ccc1F. The van der Waals surface area contributed by atoms with Crippen LogP contribution < -0.4 is 5.32 Å². The number of hydrogen-bond donors (Lipinski definition) is 1. The number of thioether (sulfide) groups is 1. The second-order valence-electron chi connectivity index (χ2n) is 6.20. The van der Waals surface area contributed by atoms with Crippen LogP contribution in [-0.4, -0.2) is 41.4 Å². The lowest BCUT2D eigenvalue weighted by Gasteiger charge is -2.11. The van der Waals surface area contributed by atoms with Gasteiger partial charge in [0.15, 0.2) is 11.0 Å². The van der Waals surface area contributed by atoms with Crippen molar-refractivity contribution < 1.29 is 18.0 Å². The maximum Gasteiger partial charge on any atom is 0.291 e. The summed E-state index contributed by atoms with van der Waals surface area (Å²) in [5.74, 6) is -3.36. The Morgan fingerprint density at radius 3 is 2.77 bits per heavy atom. The summed E-state index contributed by atoms with van der Waals surface area (Å²) in [6.45, 7) is 1.36. The normalized spacial score (nSPS) is 11.4. The number of aryl methyl sites for hydroxylation is 1. The molecule has 0 radical (unpaired) electrons. The van der Waals surface area contributed by atoms with Gasteiger partial charge in [-0.05, 0) is 59.4 Å². The molecule has 0 unspecified atom stereocenters. The summed E-state index contributed by atoms with van der Waals surface area (Å²) < 4.78 is 42.6. The Morgan fingerprint density at radius 1 is 1.23 bits per heavy atom. The highest BCUT2D eigenvalue weighted by Gasteiger charge is 2.18. The number of halogens is 3. The van der Waals surface area contributed by atoms with Crippen LogP contribution in [-0.2, 0) is 11.3 Å². The van der Waals surface area contributed by atoms with E-state index in [-0.39, 0.29) is 29.2 Å². The average Bonchev–Trinajstić information content (AvgIpc) is 3.27. The first-order valence-electron chi connectivity index (χ1n) is 8.67. The van der Waals surface area contributed by atoms with Crippen molar-refractivity contribution in [3.05, 3.63) is 54.1 Å². The van der Waals surface area contributed by atoms with Gasteiger partial charge in [-0.25, -0.2) is 9.37 Å². The number of nitrogens with zero attached hydrogens (tertiary/aromatic N) is 6. The van der Waals surface area contributed by atoms with Crippen molar-refractivity contribution >= 4 is 34.4 Å². The quantitative estimate of drug-likeness (QED) is 0.469. The number of imidazole rings is 1. The van der Waals surface area contributed by atoms with Crippen molar-refractivity contribution in [1.29, 1.82) is 0 Å². The van der Waals surface area contributed by atoms with Crippen LogP contribution in [0, 0.1) is 12.7 Å². The largest absolute Gasteiger partial charge is 0.324 e. The molecular formula is C18H14F3N7OS. The molecule has 1 amide bonds. The molecule has 2 aromatic carbocycles. The van der Waals surface area contributed by atoms with Crippen molar-refractivity contribution in [3.8, 4) is 5.69 Å². The van der Waals surface area contributed by atoms with Gasteiger partial charge in [-0.3, -0.25) is 4.79 Å². The molecule has 0 aliphatic carbocycles. The number of nitrogens with one attached hydrogen (secondary N) is 1. The van der Waals surface area contributed by atoms with E-state index in [1.807, 2.05) is 0 Å². The van der Waals surface area contributed by atoms with Crippen LogP contribution in [0.5, 0.6) is 0 Å². The molecular weight excluding hydrogens is 419 g/mol. The number of aromatic nitrogens is 6. The van der Waals surface area contributed by atoms with Gasteiger partial charge in [0, 0.05) is 5.69 Å².